The van der Waals surface area contributed by atoms with E-state index in [4.69, 9.17) is 11.6 Å². The molecule has 4 rings (SSSR count). The lowest BCUT2D eigenvalue weighted by molar-refractivity contribution is -0.121. The lowest BCUT2D eigenvalue weighted by Crippen LogP contribution is -2.39. The average molecular weight is 368 g/mol. The Kier molecular flexibility index (Phi) is 4.49. The molecule has 0 radical (unpaired) electrons. The minimum Gasteiger partial charge on any atom is -0.361 e. The van der Waals surface area contributed by atoms with Crippen molar-refractivity contribution in [1.82, 2.24) is 10.3 Å². The fourth-order valence-electron chi connectivity index (χ4n) is 3.28. The van der Waals surface area contributed by atoms with Crippen LogP contribution in [0.5, 0.6) is 0 Å². The number of carbonyl (C=O) groups is 2. The lowest BCUT2D eigenvalue weighted by atomic mass is 10.1. The minimum absolute atomic E-state index is 0.176. The summed E-state index contributed by atoms with van der Waals surface area (Å²) in [4.78, 5) is 29.5. The number of fused-ring (bicyclic) bond motifs is 1. The van der Waals surface area contributed by atoms with Gasteiger partial charge in [0.15, 0.2) is 0 Å². The number of nitrogens with one attached hydrogen (secondary N) is 2. The molecule has 1 atom stereocenters. The molecule has 1 unspecified atom stereocenters. The number of aromatic nitrogens is 1. The van der Waals surface area contributed by atoms with Gasteiger partial charge in [-0.3, -0.25) is 9.59 Å². The van der Waals surface area contributed by atoms with Gasteiger partial charge in [-0.25, -0.2) is 4.90 Å². The average Bonchev–Trinajstić information content (AvgIpc) is 3.20. The van der Waals surface area contributed by atoms with Crippen LogP contribution in [0.4, 0.5) is 5.69 Å². The maximum atomic E-state index is 12.7. The van der Waals surface area contributed by atoms with Gasteiger partial charge in [-0.05, 0) is 54.2 Å². The topological polar surface area (TPSA) is 65.2 Å². The molecule has 2 amide bonds. The predicted molar refractivity (Wildman–Crippen MR) is 102 cm³/mol. The monoisotopic (exact) mass is 367 g/mol. The van der Waals surface area contributed by atoms with E-state index in [1.807, 2.05) is 54.7 Å². The van der Waals surface area contributed by atoms with E-state index in [-0.39, 0.29) is 18.2 Å². The van der Waals surface area contributed by atoms with Crippen molar-refractivity contribution >= 4 is 40.0 Å². The first-order chi connectivity index (χ1) is 12.6. The van der Waals surface area contributed by atoms with Crippen molar-refractivity contribution in [2.45, 2.75) is 18.9 Å². The van der Waals surface area contributed by atoms with Gasteiger partial charge in [0, 0.05) is 16.7 Å². The molecular weight excluding hydrogens is 350 g/mol. The highest BCUT2D eigenvalue weighted by Crippen LogP contribution is 2.26. The molecule has 1 fully saturated rings. The molecule has 2 aromatic carbocycles. The summed E-state index contributed by atoms with van der Waals surface area (Å²) in [7, 11) is 0. The fraction of sp³-hybridized carbons (Fsp3) is 0.200. The summed E-state index contributed by atoms with van der Waals surface area (Å²) in [5, 5.41) is 4.95. The second-order valence-electron chi connectivity index (χ2n) is 6.40. The Morgan fingerprint density at radius 3 is 2.73 bits per heavy atom. The maximum absolute atomic E-state index is 12.7. The Hall–Kier alpha value is -2.63. The molecule has 0 spiro atoms. The van der Waals surface area contributed by atoms with Crippen LogP contribution in [0.25, 0.3) is 10.9 Å². The Bertz CT molecular complexity index is 965. The Morgan fingerprint density at radius 2 is 1.92 bits per heavy atom. The zero-order valence-electron chi connectivity index (χ0n) is 14.0. The van der Waals surface area contributed by atoms with Crippen LogP contribution < -0.4 is 10.2 Å². The van der Waals surface area contributed by atoms with Gasteiger partial charge < -0.3 is 10.3 Å². The van der Waals surface area contributed by atoms with E-state index in [1.165, 1.54) is 4.90 Å². The number of hydrogen-bond donors (Lipinski definition) is 2. The second kappa shape index (κ2) is 6.94. The van der Waals surface area contributed by atoms with Crippen LogP contribution in [-0.4, -0.2) is 29.4 Å². The number of anilines is 1. The molecule has 6 heteroatoms. The summed E-state index contributed by atoms with van der Waals surface area (Å²) in [6.07, 6.45) is 2.79. The third kappa shape index (κ3) is 3.23. The number of amides is 2. The molecule has 2 heterocycles. The Balaban J connectivity index is 1.42. The van der Waals surface area contributed by atoms with E-state index in [9.17, 15) is 9.59 Å². The molecule has 1 aromatic heterocycles. The number of H-pyrrole nitrogens is 1. The van der Waals surface area contributed by atoms with Gasteiger partial charge in [0.2, 0.25) is 5.91 Å². The summed E-state index contributed by atoms with van der Waals surface area (Å²) >= 11 is 5.88. The summed E-state index contributed by atoms with van der Waals surface area (Å²) in [6, 6.07) is 14.6. The summed E-state index contributed by atoms with van der Waals surface area (Å²) in [5.74, 6) is -0.373. The number of nitrogens with zero attached hydrogens (tertiary/aromatic N) is 1. The standard InChI is InChI=1S/C20H18ClN3O2/c21-15-4-1-13(2-5-15)7-9-23-18-12-19(25)24(20(18)26)16-6-3-14-8-10-22-17(14)11-16/h1-6,8,10-11,18,22-23H,7,9,12H2. The number of aromatic amines is 1. The number of halogens is 1. The van der Waals surface area contributed by atoms with Gasteiger partial charge in [-0.2, -0.15) is 0 Å². The van der Waals surface area contributed by atoms with E-state index < -0.39 is 6.04 Å². The molecule has 1 aliphatic heterocycles. The van der Waals surface area contributed by atoms with Crippen LogP contribution in [0.3, 0.4) is 0 Å². The van der Waals surface area contributed by atoms with Gasteiger partial charge in [0.25, 0.3) is 5.91 Å². The van der Waals surface area contributed by atoms with Crippen molar-refractivity contribution in [3.05, 3.63) is 65.3 Å². The van der Waals surface area contributed by atoms with Crippen LogP contribution in [-0.2, 0) is 16.0 Å². The number of carbonyl (C=O) groups excluding carboxylic acids is 2. The Labute approximate surface area is 155 Å². The predicted octanol–water partition coefficient (Wildman–Crippen LogP) is 3.29. The number of rotatable bonds is 5. The van der Waals surface area contributed by atoms with Crippen molar-refractivity contribution in [2.24, 2.45) is 0 Å². The van der Waals surface area contributed by atoms with Gasteiger partial charge in [0.05, 0.1) is 18.2 Å². The molecule has 26 heavy (non-hydrogen) atoms. The van der Waals surface area contributed by atoms with Crippen molar-refractivity contribution in [3.63, 3.8) is 0 Å². The largest absolute Gasteiger partial charge is 0.361 e. The first kappa shape index (κ1) is 16.8. The van der Waals surface area contributed by atoms with E-state index in [0.29, 0.717) is 17.3 Å². The van der Waals surface area contributed by atoms with E-state index >= 15 is 0 Å². The number of hydrogen-bond acceptors (Lipinski definition) is 3. The normalized spacial score (nSPS) is 17.4. The van der Waals surface area contributed by atoms with Crippen LogP contribution in [0, 0.1) is 0 Å². The molecular formula is C20H18ClN3O2. The highest BCUT2D eigenvalue weighted by molar-refractivity contribution is 6.30. The lowest BCUT2D eigenvalue weighted by Gasteiger charge is -2.16. The summed E-state index contributed by atoms with van der Waals surface area (Å²) in [5.41, 5.74) is 2.65. The number of imide groups is 1. The summed E-state index contributed by atoms with van der Waals surface area (Å²) in [6.45, 7) is 0.620. The molecule has 1 saturated heterocycles. The van der Waals surface area contributed by atoms with Crippen molar-refractivity contribution in [1.29, 1.82) is 0 Å². The Morgan fingerprint density at radius 1 is 1.12 bits per heavy atom. The van der Waals surface area contributed by atoms with Gasteiger partial charge in [0.1, 0.15) is 0 Å². The van der Waals surface area contributed by atoms with Crippen LogP contribution in [0.15, 0.2) is 54.7 Å². The molecule has 2 N–H and O–H groups in total. The maximum Gasteiger partial charge on any atom is 0.251 e. The third-order valence-corrected chi connectivity index (χ3v) is 4.91. The van der Waals surface area contributed by atoms with Crippen molar-refractivity contribution < 1.29 is 9.59 Å². The second-order valence-corrected chi connectivity index (χ2v) is 6.84. The molecule has 132 valence electrons. The first-order valence-corrected chi connectivity index (χ1v) is 8.91. The summed E-state index contributed by atoms with van der Waals surface area (Å²) < 4.78 is 0. The van der Waals surface area contributed by atoms with Gasteiger partial charge in [-0.1, -0.05) is 29.8 Å². The smallest absolute Gasteiger partial charge is 0.251 e. The van der Waals surface area contributed by atoms with Gasteiger partial charge >= 0.3 is 0 Å². The molecule has 3 aromatic rings. The molecule has 5 nitrogen and oxygen atoms in total. The zero-order valence-corrected chi connectivity index (χ0v) is 14.8. The van der Waals surface area contributed by atoms with E-state index in [1.54, 1.807) is 0 Å². The minimum atomic E-state index is -0.478. The SMILES string of the molecule is O=C1CC(NCCc2ccc(Cl)cc2)C(=O)N1c1ccc2cc[nH]c2c1. The van der Waals surface area contributed by atoms with Crippen LogP contribution >= 0.6 is 11.6 Å². The highest BCUT2D eigenvalue weighted by Gasteiger charge is 2.39. The third-order valence-electron chi connectivity index (χ3n) is 4.66. The molecule has 0 saturated carbocycles. The highest BCUT2D eigenvalue weighted by atomic mass is 35.5. The van der Waals surface area contributed by atoms with Crippen LogP contribution in [0.2, 0.25) is 5.02 Å². The van der Waals surface area contributed by atoms with Crippen molar-refractivity contribution in [2.75, 3.05) is 11.4 Å². The van der Waals surface area contributed by atoms with E-state index in [2.05, 4.69) is 10.3 Å². The molecule has 0 bridgehead atoms. The van der Waals surface area contributed by atoms with E-state index in [0.717, 1.165) is 22.9 Å². The zero-order chi connectivity index (χ0) is 18.1. The quantitative estimate of drug-likeness (QED) is 0.680. The van der Waals surface area contributed by atoms with Crippen molar-refractivity contribution in [3.8, 4) is 0 Å². The number of benzene rings is 2. The first-order valence-electron chi connectivity index (χ1n) is 8.53. The molecule has 1 aliphatic rings. The fourth-order valence-corrected chi connectivity index (χ4v) is 3.41. The van der Waals surface area contributed by atoms with Gasteiger partial charge in [-0.15, -0.1) is 0 Å². The van der Waals surface area contributed by atoms with Crippen LogP contribution in [0.1, 0.15) is 12.0 Å². The molecule has 0 aliphatic carbocycles.